The van der Waals surface area contributed by atoms with Crippen molar-refractivity contribution in [2.45, 2.75) is 0 Å². The number of benzene rings is 2. The molecular weight excluding hydrogens is 411 g/mol. The lowest BCUT2D eigenvalue weighted by molar-refractivity contribution is 0.0747. The normalized spacial score (nSPS) is 15.0. The van der Waals surface area contributed by atoms with Gasteiger partial charge in [0.15, 0.2) is 0 Å². The summed E-state index contributed by atoms with van der Waals surface area (Å²) < 4.78 is 1.14. The molecule has 2 aromatic rings. The van der Waals surface area contributed by atoms with Gasteiger partial charge in [0.05, 0.1) is 10.7 Å². The van der Waals surface area contributed by atoms with Gasteiger partial charge in [-0.3, -0.25) is 4.79 Å². The van der Waals surface area contributed by atoms with Crippen LogP contribution in [-0.4, -0.2) is 37.0 Å². The third kappa shape index (κ3) is 3.38. The first kappa shape index (κ1) is 15.6. The lowest BCUT2D eigenvalue weighted by Crippen LogP contribution is -2.48. The molecule has 3 rings (SSSR count). The van der Waals surface area contributed by atoms with E-state index in [1.807, 2.05) is 53.4 Å². The summed E-state index contributed by atoms with van der Waals surface area (Å²) in [6.45, 7) is 3.05. The summed E-state index contributed by atoms with van der Waals surface area (Å²) in [5.41, 5.74) is 1.80. The molecule has 2 aromatic carbocycles. The SMILES string of the molecule is O=C(c1ccc(I)cc1)N1CCN(c2ccccc2Cl)CC1. The lowest BCUT2D eigenvalue weighted by atomic mass is 10.1. The van der Waals surface area contributed by atoms with Crippen LogP contribution in [0.5, 0.6) is 0 Å². The summed E-state index contributed by atoms with van der Waals surface area (Å²) in [5, 5.41) is 0.764. The minimum absolute atomic E-state index is 0.107. The Morgan fingerprint density at radius 2 is 1.59 bits per heavy atom. The number of carbonyl (C=O) groups is 1. The third-order valence-corrected chi connectivity index (χ3v) is 4.89. The predicted molar refractivity (Wildman–Crippen MR) is 98.7 cm³/mol. The molecule has 1 heterocycles. The van der Waals surface area contributed by atoms with Gasteiger partial charge in [-0.25, -0.2) is 0 Å². The second-order valence-electron chi connectivity index (χ2n) is 5.24. The van der Waals surface area contributed by atoms with E-state index in [9.17, 15) is 4.79 Å². The number of anilines is 1. The van der Waals surface area contributed by atoms with Crippen molar-refractivity contribution < 1.29 is 4.79 Å². The summed E-state index contributed by atoms with van der Waals surface area (Å²) in [6.07, 6.45) is 0. The minimum atomic E-state index is 0.107. The fourth-order valence-electron chi connectivity index (χ4n) is 2.63. The van der Waals surface area contributed by atoms with Crippen LogP contribution in [0.15, 0.2) is 48.5 Å². The van der Waals surface area contributed by atoms with Gasteiger partial charge in [0, 0.05) is 35.3 Å². The Balaban J connectivity index is 1.65. The summed E-state index contributed by atoms with van der Waals surface area (Å²) in [6, 6.07) is 15.6. The molecule has 114 valence electrons. The maximum Gasteiger partial charge on any atom is 0.253 e. The number of para-hydroxylation sites is 1. The molecule has 0 radical (unpaired) electrons. The molecule has 0 aromatic heterocycles. The average molecular weight is 427 g/mol. The van der Waals surface area contributed by atoms with Gasteiger partial charge in [0.25, 0.3) is 5.91 Å². The monoisotopic (exact) mass is 426 g/mol. The van der Waals surface area contributed by atoms with Crippen LogP contribution < -0.4 is 4.90 Å². The molecule has 0 saturated carbocycles. The average Bonchev–Trinajstić information content (AvgIpc) is 2.56. The zero-order chi connectivity index (χ0) is 15.5. The molecule has 1 saturated heterocycles. The molecule has 0 spiro atoms. The highest BCUT2D eigenvalue weighted by Gasteiger charge is 2.23. The first-order valence-electron chi connectivity index (χ1n) is 7.19. The van der Waals surface area contributed by atoms with Crippen LogP contribution in [0.25, 0.3) is 0 Å². The summed E-state index contributed by atoms with van der Waals surface area (Å²) in [4.78, 5) is 16.6. The number of carbonyl (C=O) groups excluding carboxylic acids is 1. The molecule has 5 heteroatoms. The van der Waals surface area contributed by atoms with Crippen LogP contribution in [0, 0.1) is 3.57 Å². The van der Waals surface area contributed by atoms with Crippen molar-refractivity contribution in [3.63, 3.8) is 0 Å². The number of amides is 1. The second-order valence-corrected chi connectivity index (χ2v) is 6.89. The van der Waals surface area contributed by atoms with E-state index < -0.39 is 0 Å². The van der Waals surface area contributed by atoms with E-state index in [0.29, 0.717) is 0 Å². The molecule has 1 aliphatic rings. The van der Waals surface area contributed by atoms with Crippen molar-refractivity contribution in [1.29, 1.82) is 0 Å². The molecule has 0 unspecified atom stereocenters. The molecule has 1 amide bonds. The molecular formula is C17H16ClIN2O. The van der Waals surface area contributed by atoms with E-state index in [1.165, 1.54) is 0 Å². The molecule has 22 heavy (non-hydrogen) atoms. The Morgan fingerprint density at radius 3 is 2.23 bits per heavy atom. The van der Waals surface area contributed by atoms with Crippen LogP contribution in [-0.2, 0) is 0 Å². The number of nitrogens with zero attached hydrogens (tertiary/aromatic N) is 2. The van der Waals surface area contributed by atoms with Crippen LogP contribution in [0.4, 0.5) is 5.69 Å². The van der Waals surface area contributed by atoms with Gasteiger partial charge in [-0.15, -0.1) is 0 Å². The van der Waals surface area contributed by atoms with Gasteiger partial charge < -0.3 is 9.80 Å². The van der Waals surface area contributed by atoms with Crippen molar-refractivity contribution in [2.75, 3.05) is 31.1 Å². The molecule has 1 fully saturated rings. The standard InChI is InChI=1S/C17H16ClIN2O/c18-15-3-1-2-4-16(15)20-9-11-21(12-10-20)17(22)13-5-7-14(19)8-6-13/h1-8H,9-12H2. The Hall–Kier alpha value is -1.27. The highest BCUT2D eigenvalue weighted by molar-refractivity contribution is 14.1. The molecule has 0 atom stereocenters. The number of piperazine rings is 1. The summed E-state index contributed by atoms with van der Waals surface area (Å²) in [5.74, 6) is 0.107. The maximum atomic E-state index is 12.5. The van der Waals surface area contributed by atoms with E-state index in [0.717, 1.165) is 46.0 Å². The van der Waals surface area contributed by atoms with E-state index >= 15 is 0 Å². The fraction of sp³-hybridized carbons (Fsp3) is 0.235. The van der Waals surface area contributed by atoms with Crippen LogP contribution in [0.1, 0.15) is 10.4 Å². The largest absolute Gasteiger partial charge is 0.367 e. The van der Waals surface area contributed by atoms with Gasteiger partial charge in [0.2, 0.25) is 0 Å². The Kier molecular flexibility index (Phi) is 4.88. The van der Waals surface area contributed by atoms with Crippen molar-refractivity contribution in [3.05, 3.63) is 62.7 Å². The number of halogens is 2. The molecule has 3 nitrogen and oxygen atoms in total. The van der Waals surface area contributed by atoms with E-state index in [4.69, 9.17) is 11.6 Å². The van der Waals surface area contributed by atoms with Crippen molar-refractivity contribution in [3.8, 4) is 0 Å². The zero-order valence-corrected chi connectivity index (χ0v) is 14.9. The van der Waals surface area contributed by atoms with Crippen molar-refractivity contribution in [1.82, 2.24) is 4.90 Å². The van der Waals surface area contributed by atoms with E-state index in [2.05, 4.69) is 27.5 Å². The highest BCUT2D eigenvalue weighted by Crippen LogP contribution is 2.26. The molecule has 1 aliphatic heterocycles. The number of hydrogen-bond acceptors (Lipinski definition) is 2. The molecule has 0 bridgehead atoms. The van der Waals surface area contributed by atoms with Gasteiger partial charge >= 0.3 is 0 Å². The zero-order valence-electron chi connectivity index (χ0n) is 12.0. The Labute approximate surface area is 149 Å². The third-order valence-electron chi connectivity index (χ3n) is 3.85. The first-order valence-corrected chi connectivity index (χ1v) is 8.65. The Bertz CT molecular complexity index is 667. The summed E-state index contributed by atoms with van der Waals surface area (Å²) >= 11 is 8.49. The van der Waals surface area contributed by atoms with E-state index in [1.54, 1.807) is 0 Å². The smallest absolute Gasteiger partial charge is 0.253 e. The van der Waals surface area contributed by atoms with Gasteiger partial charge in [0.1, 0.15) is 0 Å². The topological polar surface area (TPSA) is 23.6 Å². The van der Waals surface area contributed by atoms with Gasteiger partial charge in [-0.05, 0) is 59.0 Å². The molecule has 0 aliphatic carbocycles. The maximum absolute atomic E-state index is 12.5. The highest BCUT2D eigenvalue weighted by atomic mass is 127. The quantitative estimate of drug-likeness (QED) is 0.680. The van der Waals surface area contributed by atoms with Crippen LogP contribution >= 0.6 is 34.2 Å². The predicted octanol–water partition coefficient (Wildman–Crippen LogP) is 3.91. The van der Waals surface area contributed by atoms with Crippen LogP contribution in [0.3, 0.4) is 0 Å². The fourth-order valence-corrected chi connectivity index (χ4v) is 3.25. The number of rotatable bonds is 2. The van der Waals surface area contributed by atoms with Gasteiger partial charge in [-0.2, -0.15) is 0 Å². The second kappa shape index (κ2) is 6.87. The van der Waals surface area contributed by atoms with Crippen LogP contribution in [0.2, 0.25) is 5.02 Å². The number of hydrogen-bond donors (Lipinski definition) is 0. The van der Waals surface area contributed by atoms with Gasteiger partial charge in [-0.1, -0.05) is 23.7 Å². The molecule has 0 N–H and O–H groups in total. The first-order chi connectivity index (χ1) is 10.6. The summed E-state index contributed by atoms with van der Waals surface area (Å²) in [7, 11) is 0. The van der Waals surface area contributed by atoms with E-state index in [-0.39, 0.29) is 5.91 Å². The minimum Gasteiger partial charge on any atom is -0.367 e. The Morgan fingerprint density at radius 1 is 0.955 bits per heavy atom. The lowest BCUT2D eigenvalue weighted by Gasteiger charge is -2.36. The van der Waals surface area contributed by atoms with Crippen molar-refractivity contribution in [2.24, 2.45) is 0 Å². The van der Waals surface area contributed by atoms with Crippen molar-refractivity contribution >= 4 is 45.8 Å².